The number of para-hydroxylation sites is 1. The Labute approximate surface area is 196 Å². The van der Waals surface area contributed by atoms with Crippen molar-refractivity contribution in [2.45, 2.75) is 43.2 Å². The molecule has 1 amide bonds. The van der Waals surface area contributed by atoms with E-state index in [2.05, 4.69) is 8.75 Å². The minimum Gasteiger partial charge on any atom is -0.451 e. The van der Waals surface area contributed by atoms with Crippen molar-refractivity contribution in [2.24, 2.45) is 0 Å². The fourth-order valence-electron chi connectivity index (χ4n) is 3.90. The molecule has 1 fully saturated rings. The molecule has 1 aliphatic rings. The van der Waals surface area contributed by atoms with Gasteiger partial charge in [-0.15, -0.1) is 0 Å². The second kappa shape index (κ2) is 9.54. The van der Waals surface area contributed by atoms with Gasteiger partial charge < -0.3 is 9.64 Å². The Morgan fingerprint density at radius 3 is 2.64 bits per heavy atom. The zero-order chi connectivity index (χ0) is 23.6. The lowest BCUT2D eigenvalue weighted by molar-refractivity contribution is -0.158. The van der Waals surface area contributed by atoms with Crippen LogP contribution < -0.4 is 4.90 Å². The minimum atomic E-state index is -4.03. The first-order chi connectivity index (χ1) is 15.8. The maximum absolute atomic E-state index is 13.5. The number of amides is 1. The van der Waals surface area contributed by atoms with Gasteiger partial charge in [-0.1, -0.05) is 24.3 Å². The van der Waals surface area contributed by atoms with Crippen LogP contribution >= 0.6 is 11.7 Å². The molecule has 2 heterocycles. The zero-order valence-electron chi connectivity index (χ0n) is 18.2. The first kappa shape index (κ1) is 23.3. The number of benzene rings is 2. The minimum absolute atomic E-state index is 0.0152. The standard InChI is InChI=1S/C22H24N4O5S2/c1-15(21(27)25(2)16-9-4-3-5-10-16)31-22(28)18-12-6-7-14-26(18)33(29,30)19-13-8-11-17-20(19)24-32-23-17/h3-5,8-11,13,15,18H,6-7,12,14H2,1-2H3/t15-,18-/m1/s1. The maximum Gasteiger partial charge on any atom is 0.325 e. The average Bonchev–Trinajstić information content (AvgIpc) is 3.32. The molecule has 11 heteroatoms. The van der Waals surface area contributed by atoms with Crippen LogP contribution in [0.3, 0.4) is 0 Å². The van der Waals surface area contributed by atoms with Crippen molar-refractivity contribution in [2.75, 3.05) is 18.5 Å². The van der Waals surface area contributed by atoms with Gasteiger partial charge in [0.15, 0.2) is 6.10 Å². The highest BCUT2D eigenvalue weighted by Crippen LogP contribution is 2.30. The molecule has 1 aliphatic heterocycles. The molecular formula is C22H24N4O5S2. The number of carbonyl (C=O) groups is 2. The third-order valence-electron chi connectivity index (χ3n) is 5.68. The van der Waals surface area contributed by atoms with Crippen LogP contribution in [0.15, 0.2) is 53.4 Å². The summed E-state index contributed by atoms with van der Waals surface area (Å²) in [6.07, 6.45) is 0.555. The number of hydrogen-bond donors (Lipinski definition) is 0. The number of ether oxygens (including phenoxy) is 1. The number of sulfonamides is 1. The summed E-state index contributed by atoms with van der Waals surface area (Å²) in [4.78, 5) is 27.3. The molecule has 2 aromatic carbocycles. The molecule has 4 rings (SSSR count). The lowest BCUT2D eigenvalue weighted by Crippen LogP contribution is -2.50. The molecular weight excluding hydrogens is 464 g/mol. The summed E-state index contributed by atoms with van der Waals surface area (Å²) in [5.74, 6) is -1.14. The van der Waals surface area contributed by atoms with Gasteiger partial charge in [0.2, 0.25) is 10.0 Å². The van der Waals surface area contributed by atoms with E-state index >= 15 is 0 Å². The summed E-state index contributed by atoms with van der Waals surface area (Å²) in [5, 5.41) is 0. The molecule has 0 aliphatic carbocycles. The smallest absolute Gasteiger partial charge is 0.325 e. The molecule has 174 valence electrons. The number of aromatic nitrogens is 2. The Bertz CT molecular complexity index is 1260. The van der Waals surface area contributed by atoms with E-state index in [0.29, 0.717) is 30.5 Å². The van der Waals surface area contributed by atoms with Crippen LogP contribution in [0.25, 0.3) is 11.0 Å². The Morgan fingerprint density at radius 2 is 1.88 bits per heavy atom. The highest BCUT2D eigenvalue weighted by atomic mass is 32.2. The largest absolute Gasteiger partial charge is 0.451 e. The predicted molar refractivity (Wildman–Crippen MR) is 124 cm³/mol. The molecule has 3 aromatic rings. The molecule has 0 saturated carbocycles. The van der Waals surface area contributed by atoms with Gasteiger partial charge in [-0.2, -0.15) is 13.1 Å². The van der Waals surface area contributed by atoms with E-state index in [1.165, 1.54) is 22.2 Å². The van der Waals surface area contributed by atoms with Crippen LogP contribution in [-0.4, -0.2) is 59.1 Å². The van der Waals surface area contributed by atoms with Crippen molar-refractivity contribution in [1.29, 1.82) is 0 Å². The van der Waals surface area contributed by atoms with Crippen molar-refractivity contribution in [3.63, 3.8) is 0 Å². The number of hydrogen-bond acceptors (Lipinski definition) is 8. The average molecular weight is 489 g/mol. The summed E-state index contributed by atoms with van der Waals surface area (Å²) >= 11 is 0.933. The molecule has 0 unspecified atom stereocenters. The summed E-state index contributed by atoms with van der Waals surface area (Å²) < 4.78 is 41.9. The normalized spacial score (nSPS) is 18.1. The fraction of sp³-hybridized carbons (Fsp3) is 0.364. The first-order valence-corrected chi connectivity index (χ1v) is 12.7. The monoisotopic (exact) mass is 488 g/mol. The lowest BCUT2D eigenvalue weighted by atomic mass is 10.1. The Kier molecular flexibility index (Phi) is 6.73. The second-order valence-corrected chi connectivity index (χ2v) is 10.2. The molecule has 0 bridgehead atoms. The molecule has 9 nitrogen and oxygen atoms in total. The van der Waals surface area contributed by atoms with Crippen LogP contribution in [0.5, 0.6) is 0 Å². The number of fused-ring (bicyclic) bond motifs is 1. The topological polar surface area (TPSA) is 110 Å². The van der Waals surface area contributed by atoms with E-state index in [1.54, 1.807) is 43.4 Å². The lowest BCUT2D eigenvalue weighted by Gasteiger charge is -2.33. The van der Waals surface area contributed by atoms with Crippen LogP contribution in [0.2, 0.25) is 0 Å². The fourth-order valence-corrected chi connectivity index (χ4v) is 6.30. The Balaban J connectivity index is 1.54. The zero-order valence-corrected chi connectivity index (χ0v) is 19.9. The van der Waals surface area contributed by atoms with Gasteiger partial charge >= 0.3 is 5.97 Å². The van der Waals surface area contributed by atoms with Crippen molar-refractivity contribution < 1.29 is 22.7 Å². The predicted octanol–water partition coefficient (Wildman–Crippen LogP) is 2.83. The van der Waals surface area contributed by atoms with E-state index in [0.717, 1.165) is 11.7 Å². The first-order valence-electron chi connectivity index (χ1n) is 10.6. The molecule has 33 heavy (non-hydrogen) atoms. The van der Waals surface area contributed by atoms with E-state index < -0.39 is 34.0 Å². The van der Waals surface area contributed by atoms with Crippen LogP contribution in [0, 0.1) is 0 Å². The van der Waals surface area contributed by atoms with E-state index in [-0.39, 0.29) is 17.0 Å². The number of piperidine rings is 1. The molecule has 0 spiro atoms. The highest BCUT2D eigenvalue weighted by Gasteiger charge is 2.40. The van der Waals surface area contributed by atoms with Gasteiger partial charge in [0.05, 0.1) is 11.7 Å². The summed E-state index contributed by atoms with van der Waals surface area (Å²) in [7, 11) is -2.43. The van der Waals surface area contributed by atoms with Gasteiger partial charge in [-0.25, -0.2) is 8.42 Å². The quantitative estimate of drug-likeness (QED) is 0.491. The molecule has 2 atom stereocenters. The maximum atomic E-state index is 13.5. The van der Waals surface area contributed by atoms with Gasteiger partial charge in [0.25, 0.3) is 5.91 Å². The Hall–Kier alpha value is -2.89. The van der Waals surface area contributed by atoms with Crippen molar-refractivity contribution in [3.8, 4) is 0 Å². The van der Waals surface area contributed by atoms with Crippen molar-refractivity contribution in [3.05, 3.63) is 48.5 Å². The third kappa shape index (κ3) is 4.61. The summed E-state index contributed by atoms with van der Waals surface area (Å²) in [6.45, 7) is 1.67. The molecule has 1 aromatic heterocycles. The van der Waals surface area contributed by atoms with E-state index in [4.69, 9.17) is 4.74 Å². The van der Waals surface area contributed by atoms with Crippen LogP contribution in [0.4, 0.5) is 5.69 Å². The van der Waals surface area contributed by atoms with E-state index in [1.807, 2.05) is 6.07 Å². The van der Waals surface area contributed by atoms with Crippen LogP contribution in [0.1, 0.15) is 26.2 Å². The number of esters is 1. The SMILES string of the molecule is C[C@@H](OC(=O)[C@H]1CCCCN1S(=O)(=O)c1cccc2nsnc12)C(=O)N(C)c1ccccc1. The number of likely N-dealkylation sites (N-methyl/N-ethyl adjacent to an activating group) is 1. The van der Waals surface area contributed by atoms with Gasteiger partial charge in [0.1, 0.15) is 22.0 Å². The Morgan fingerprint density at radius 1 is 1.12 bits per heavy atom. The van der Waals surface area contributed by atoms with Crippen molar-refractivity contribution in [1.82, 2.24) is 13.1 Å². The summed E-state index contributed by atoms with van der Waals surface area (Å²) in [6, 6.07) is 12.7. The second-order valence-electron chi connectivity index (χ2n) is 7.83. The number of carbonyl (C=O) groups excluding carboxylic acids is 2. The summed E-state index contributed by atoms with van der Waals surface area (Å²) in [5.41, 5.74) is 1.44. The molecule has 1 saturated heterocycles. The van der Waals surface area contributed by atoms with Gasteiger partial charge in [-0.3, -0.25) is 9.59 Å². The van der Waals surface area contributed by atoms with Gasteiger partial charge in [0, 0.05) is 19.3 Å². The van der Waals surface area contributed by atoms with Crippen LogP contribution in [-0.2, 0) is 24.3 Å². The molecule has 0 radical (unpaired) electrons. The third-order valence-corrected chi connectivity index (χ3v) is 8.16. The number of nitrogens with zero attached hydrogens (tertiary/aromatic N) is 4. The number of rotatable bonds is 6. The van der Waals surface area contributed by atoms with E-state index in [9.17, 15) is 18.0 Å². The molecule has 0 N–H and O–H groups in total. The number of anilines is 1. The van der Waals surface area contributed by atoms with Gasteiger partial charge in [-0.05, 0) is 50.5 Å². The highest BCUT2D eigenvalue weighted by molar-refractivity contribution is 7.89. The van der Waals surface area contributed by atoms with Crippen molar-refractivity contribution >= 4 is 50.3 Å².